The second kappa shape index (κ2) is 9.31. The van der Waals surface area contributed by atoms with Gasteiger partial charge in [0.05, 0.1) is 29.9 Å². The highest BCUT2D eigenvalue weighted by molar-refractivity contribution is 6.31. The van der Waals surface area contributed by atoms with Crippen molar-refractivity contribution in [3.05, 3.63) is 59.2 Å². The first-order chi connectivity index (χ1) is 15.0. The number of hydrogen-bond donors (Lipinski definition) is 0. The molecule has 7 nitrogen and oxygen atoms in total. The number of anilines is 1. The molecule has 0 aliphatic carbocycles. The van der Waals surface area contributed by atoms with Crippen LogP contribution in [0.4, 0.5) is 5.82 Å². The molecule has 2 aromatic carbocycles. The Morgan fingerprint density at radius 2 is 1.77 bits per heavy atom. The van der Waals surface area contributed by atoms with Gasteiger partial charge in [-0.05, 0) is 30.3 Å². The van der Waals surface area contributed by atoms with Crippen LogP contribution in [0.3, 0.4) is 0 Å². The van der Waals surface area contributed by atoms with E-state index in [0.717, 1.165) is 16.9 Å². The second-order valence-corrected chi connectivity index (χ2v) is 7.79. The fourth-order valence-electron chi connectivity index (χ4n) is 3.70. The number of nitrogens with zero attached hydrogens (tertiary/aromatic N) is 4. The molecule has 2 heterocycles. The van der Waals surface area contributed by atoms with Crippen LogP contribution in [-0.2, 0) is 4.79 Å². The van der Waals surface area contributed by atoms with Crippen LogP contribution in [0.15, 0.2) is 48.7 Å². The van der Waals surface area contributed by atoms with Gasteiger partial charge in [-0.1, -0.05) is 23.7 Å². The number of ether oxygens (including phenoxy) is 1. The van der Waals surface area contributed by atoms with E-state index in [4.69, 9.17) is 16.3 Å². The number of methoxy groups -OCH3 is 1. The third kappa shape index (κ3) is 4.77. The van der Waals surface area contributed by atoms with Gasteiger partial charge >= 0.3 is 0 Å². The quantitative estimate of drug-likeness (QED) is 0.547. The van der Waals surface area contributed by atoms with Gasteiger partial charge in [-0.25, -0.2) is 4.98 Å². The zero-order valence-electron chi connectivity index (χ0n) is 17.3. The van der Waals surface area contributed by atoms with E-state index in [9.17, 15) is 9.59 Å². The summed E-state index contributed by atoms with van der Waals surface area (Å²) in [6.45, 7) is 2.52. The highest BCUT2D eigenvalue weighted by atomic mass is 35.5. The van der Waals surface area contributed by atoms with Crippen molar-refractivity contribution in [2.24, 2.45) is 0 Å². The summed E-state index contributed by atoms with van der Waals surface area (Å²) in [4.78, 5) is 38.3. The number of rotatable bonds is 6. The summed E-state index contributed by atoms with van der Waals surface area (Å²) in [6.07, 6.45) is 2.05. The van der Waals surface area contributed by atoms with Gasteiger partial charge in [0.1, 0.15) is 11.6 Å². The van der Waals surface area contributed by atoms with Crippen molar-refractivity contribution in [3.8, 4) is 5.75 Å². The first-order valence-electron chi connectivity index (χ1n) is 10.2. The largest absolute Gasteiger partial charge is 0.496 e. The van der Waals surface area contributed by atoms with Crippen LogP contribution < -0.4 is 9.64 Å². The Bertz CT molecular complexity index is 1110. The Labute approximate surface area is 185 Å². The van der Waals surface area contributed by atoms with E-state index >= 15 is 0 Å². The Morgan fingerprint density at radius 3 is 2.52 bits per heavy atom. The van der Waals surface area contributed by atoms with Crippen molar-refractivity contribution >= 4 is 40.1 Å². The summed E-state index contributed by atoms with van der Waals surface area (Å²) >= 11 is 6.00. The van der Waals surface area contributed by atoms with Crippen molar-refractivity contribution in [1.29, 1.82) is 0 Å². The highest BCUT2D eigenvalue weighted by Crippen LogP contribution is 2.24. The van der Waals surface area contributed by atoms with Gasteiger partial charge in [0, 0.05) is 44.0 Å². The lowest BCUT2D eigenvalue weighted by molar-refractivity contribution is -0.131. The van der Waals surface area contributed by atoms with Gasteiger partial charge in [0.15, 0.2) is 5.78 Å². The number of halogens is 1. The smallest absolute Gasteiger partial charge is 0.223 e. The number of benzene rings is 2. The molecule has 160 valence electrons. The Balaban J connectivity index is 1.32. The van der Waals surface area contributed by atoms with Crippen molar-refractivity contribution in [3.63, 3.8) is 0 Å². The summed E-state index contributed by atoms with van der Waals surface area (Å²) in [5.74, 6) is 1.09. The maximum Gasteiger partial charge on any atom is 0.223 e. The number of ketones is 1. The molecule has 8 heteroatoms. The van der Waals surface area contributed by atoms with Crippen LogP contribution >= 0.6 is 11.6 Å². The Hall–Kier alpha value is -3.19. The van der Waals surface area contributed by atoms with Crippen LogP contribution in [0.25, 0.3) is 11.0 Å². The van der Waals surface area contributed by atoms with Gasteiger partial charge in [0.2, 0.25) is 5.91 Å². The fourth-order valence-corrected chi connectivity index (χ4v) is 3.87. The maximum atomic E-state index is 12.6. The Kier molecular flexibility index (Phi) is 6.32. The molecule has 1 amide bonds. The van der Waals surface area contributed by atoms with Crippen molar-refractivity contribution in [2.75, 3.05) is 38.2 Å². The van der Waals surface area contributed by atoms with Gasteiger partial charge in [-0.15, -0.1) is 0 Å². The zero-order valence-corrected chi connectivity index (χ0v) is 18.0. The van der Waals surface area contributed by atoms with Crippen molar-refractivity contribution in [2.45, 2.75) is 12.8 Å². The minimum absolute atomic E-state index is 0.0291. The average Bonchev–Trinajstić information content (AvgIpc) is 2.82. The third-order valence-corrected chi connectivity index (χ3v) is 5.66. The molecule has 0 spiro atoms. The minimum Gasteiger partial charge on any atom is -0.496 e. The van der Waals surface area contributed by atoms with Crippen LogP contribution in [0.2, 0.25) is 5.02 Å². The molecule has 3 aromatic rings. The number of para-hydroxylation sites is 2. The second-order valence-electron chi connectivity index (χ2n) is 7.35. The third-order valence-electron chi connectivity index (χ3n) is 5.42. The molecular weight excluding hydrogens is 416 g/mol. The standard InChI is InChI=1S/C23H23ClN4O3/c1-31-21-8-6-16(24)14-17(21)20(29)7-9-23(30)28-12-10-27(11-13-28)22-15-25-18-4-2-3-5-19(18)26-22/h2-6,8,14-15H,7,9-13H2,1H3. The number of hydrogen-bond acceptors (Lipinski definition) is 6. The molecule has 0 radical (unpaired) electrons. The van der Waals surface area contributed by atoms with Crippen molar-refractivity contribution in [1.82, 2.24) is 14.9 Å². The summed E-state index contributed by atoms with van der Waals surface area (Å²) in [6, 6.07) is 12.7. The van der Waals surface area contributed by atoms with Gasteiger partial charge in [-0.3, -0.25) is 14.6 Å². The molecule has 0 saturated carbocycles. The zero-order chi connectivity index (χ0) is 21.8. The van der Waals surface area contributed by atoms with E-state index in [0.29, 0.717) is 42.5 Å². The molecule has 1 aliphatic rings. The molecule has 0 bridgehead atoms. The molecule has 1 saturated heterocycles. The number of carbonyl (C=O) groups excluding carboxylic acids is 2. The molecule has 0 N–H and O–H groups in total. The summed E-state index contributed by atoms with van der Waals surface area (Å²) in [7, 11) is 1.50. The molecule has 1 fully saturated rings. The number of amides is 1. The van der Waals surface area contributed by atoms with Crippen LogP contribution in [0.1, 0.15) is 23.2 Å². The normalized spacial score (nSPS) is 14.0. The van der Waals surface area contributed by atoms with E-state index in [2.05, 4.69) is 14.9 Å². The topological polar surface area (TPSA) is 75.6 Å². The first-order valence-corrected chi connectivity index (χ1v) is 10.5. The molecule has 1 aromatic heterocycles. The number of fused-ring (bicyclic) bond motifs is 1. The molecule has 0 atom stereocenters. The minimum atomic E-state index is -0.155. The number of carbonyl (C=O) groups is 2. The summed E-state index contributed by atoms with van der Waals surface area (Å²) < 4.78 is 5.23. The monoisotopic (exact) mass is 438 g/mol. The lowest BCUT2D eigenvalue weighted by Crippen LogP contribution is -2.49. The van der Waals surface area contributed by atoms with Gasteiger partial charge in [-0.2, -0.15) is 0 Å². The molecule has 1 aliphatic heterocycles. The molecule has 0 unspecified atom stereocenters. The van der Waals surface area contributed by atoms with E-state index < -0.39 is 0 Å². The van der Waals surface area contributed by atoms with Gasteiger partial charge in [0.25, 0.3) is 0 Å². The van der Waals surface area contributed by atoms with Crippen LogP contribution in [0.5, 0.6) is 5.75 Å². The Morgan fingerprint density at radius 1 is 1.03 bits per heavy atom. The predicted octanol–water partition coefficient (Wildman–Crippen LogP) is 3.60. The predicted molar refractivity (Wildman–Crippen MR) is 120 cm³/mol. The molecule has 4 rings (SSSR count). The number of aromatic nitrogens is 2. The highest BCUT2D eigenvalue weighted by Gasteiger charge is 2.23. The number of Topliss-reactive ketones (excluding diaryl/α,β-unsaturated/α-hetero) is 1. The summed E-state index contributed by atoms with van der Waals surface area (Å²) in [5, 5.41) is 0.461. The van der Waals surface area contributed by atoms with Gasteiger partial charge < -0.3 is 14.5 Å². The lowest BCUT2D eigenvalue weighted by Gasteiger charge is -2.35. The lowest BCUT2D eigenvalue weighted by atomic mass is 10.0. The average molecular weight is 439 g/mol. The van der Waals surface area contributed by atoms with Crippen molar-refractivity contribution < 1.29 is 14.3 Å². The summed E-state index contributed by atoms with van der Waals surface area (Å²) in [5.41, 5.74) is 2.12. The van der Waals surface area contributed by atoms with Crippen LogP contribution in [-0.4, -0.2) is 59.8 Å². The first kappa shape index (κ1) is 21.1. The molecular formula is C23H23ClN4O3. The van der Waals surface area contributed by atoms with E-state index in [-0.39, 0.29) is 24.5 Å². The maximum absolute atomic E-state index is 12.6. The van der Waals surface area contributed by atoms with E-state index in [1.165, 1.54) is 7.11 Å². The fraction of sp³-hybridized carbons (Fsp3) is 0.304. The van der Waals surface area contributed by atoms with E-state index in [1.807, 2.05) is 24.3 Å². The number of piperazine rings is 1. The SMILES string of the molecule is COc1ccc(Cl)cc1C(=O)CCC(=O)N1CCN(c2cnc3ccccc3n2)CC1. The van der Waals surface area contributed by atoms with E-state index in [1.54, 1.807) is 29.3 Å². The molecule has 31 heavy (non-hydrogen) atoms. The van der Waals surface area contributed by atoms with Crippen LogP contribution in [0, 0.1) is 0 Å².